The van der Waals surface area contributed by atoms with Gasteiger partial charge in [0.15, 0.2) is 0 Å². The minimum atomic E-state index is -0.400. The van der Waals surface area contributed by atoms with Crippen LogP contribution in [0.5, 0.6) is 0 Å². The van der Waals surface area contributed by atoms with Crippen LogP contribution < -0.4 is 5.32 Å². The Morgan fingerprint density at radius 3 is 2.75 bits per heavy atom. The second kappa shape index (κ2) is 3.62. The van der Waals surface area contributed by atoms with Gasteiger partial charge < -0.3 is 15.0 Å². The predicted octanol–water partition coefficient (Wildman–Crippen LogP) is 1.61. The molecule has 1 amide bonds. The van der Waals surface area contributed by atoms with Crippen LogP contribution in [0.25, 0.3) is 0 Å². The molecule has 0 radical (unpaired) electrons. The maximum absolute atomic E-state index is 11.9. The van der Waals surface area contributed by atoms with Crippen molar-refractivity contribution >= 4 is 6.09 Å². The van der Waals surface area contributed by atoms with Crippen LogP contribution in [0.1, 0.15) is 34.1 Å². The van der Waals surface area contributed by atoms with Crippen molar-refractivity contribution in [2.24, 2.45) is 5.92 Å². The molecule has 2 heterocycles. The molecular formula is C12H22N2O2. The third-order valence-corrected chi connectivity index (χ3v) is 3.53. The van der Waals surface area contributed by atoms with Crippen LogP contribution in [0, 0.1) is 5.92 Å². The maximum atomic E-state index is 11.9. The summed E-state index contributed by atoms with van der Waals surface area (Å²) >= 11 is 0. The molecule has 0 spiro atoms. The number of hydrogen-bond acceptors (Lipinski definition) is 3. The first-order valence-electron chi connectivity index (χ1n) is 6.03. The summed E-state index contributed by atoms with van der Waals surface area (Å²) in [5, 5.41) is 3.49. The van der Waals surface area contributed by atoms with Crippen LogP contribution in [-0.4, -0.2) is 41.8 Å². The molecule has 2 aliphatic heterocycles. The minimum absolute atomic E-state index is 0.108. The fraction of sp³-hybridized carbons (Fsp3) is 0.917. The van der Waals surface area contributed by atoms with E-state index >= 15 is 0 Å². The molecule has 2 unspecified atom stereocenters. The van der Waals surface area contributed by atoms with Crippen molar-refractivity contribution < 1.29 is 9.53 Å². The summed E-state index contributed by atoms with van der Waals surface area (Å²) in [6.45, 7) is 10.6. The molecule has 0 aromatic carbocycles. The van der Waals surface area contributed by atoms with Gasteiger partial charge >= 0.3 is 6.09 Å². The van der Waals surface area contributed by atoms with Crippen molar-refractivity contribution in [3.8, 4) is 0 Å². The summed E-state index contributed by atoms with van der Waals surface area (Å²) < 4.78 is 5.39. The zero-order valence-corrected chi connectivity index (χ0v) is 10.7. The number of carbonyl (C=O) groups is 1. The van der Waals surface area contributed by atoms with E-state index in [4.69, 9.17) is 4.74 Å². The Kier molecular flexibility index (Phi) is 2.65. The number of carbonyl (C=O) groups excluding carboxylic acids is 1. The highest BCUT2D eigenvalue weighted by Gasteiger charge is 2.47. The lowest BCUT2D eigenvalue weighted by Gasteiger charge is -2.26. The van der Waals surface area contributed by atoms with Crippen molar-refractivity contribution in [3.63, 3.8) is 0 Å². The number of hydrogen-bond donors (Lipinski definition) is 1. The zero-order chi connectivity index (χ0) is 12.0. The quantitative estimate of drug-likeness (QED) is 0.682. The number of likely N-dealkylation sites (tertiary alicyclic amines) is 1. The average Bonchev–Trinajstić information content (AvgIpc) is 2.55. The fourth-order valence-corrected chi connectivity index (χ4v) is 2.67. The molecule has 4 heteroatoms. The van der Waals surface area contributed by atoms with Gasteiger partial charge in [0.25, 0.3) is 0 Å². The molecule has 2 fully saturated rings. The van der Waals surface area contributed by atoms with Crippen LogP contribution in [0.15, 0.2) is 0 Å². The van der Waals surface area contributed by atoms with E-state index in [1.807, 2.05) is 25.7 Å². The summed E-state index contributed by atoms with van der Waals surface area (Å²) in [5.41, 5.74) is -0.292. The summed E-state index contributed by atoms with van der Waals surface area (Å²) in [4.78, 5) is 13.7. The number of amides is 1. The monoisotopic (exact) mass is 226 g/mol. The molecule has 2 saturated heterocycles. The number of fused-ring (bicyclic) bond motifs is 1. The Balaban J connectivity index is 1.97. The van der Waals surface area contributed by atoms with Crippen LogP contribution >= 0.6 is 0 Å². The van der Waals surface area contributed by atoms with Gasteiger partial charge in [0.2, 0.25) is 0 Å². The Labute approximate surface area is 97.3 Å². The summed E-state index contributed by atoms with van der Waals surface area (Å²) in [6.07, 6.45) is 0.987. The van der Waals surface area contributed by atoms with Crippen LogP contribution in [-0.2, 0) is 4.74 Å². The first-order chi connectivity index (χ1) is 7.30. The van der Waals surface area contributed by atoms with E-state index in [-0.39, 0.29) is 11.6 Å². The summed E-state index contributed by atoms with van der Waals surface area (Å²) in [5.74, 6) is 0.583. The lowest BCUT2D eigenvalue weighted by molar-refractivity contribution is 0.0277. The van der Waals surface area contributed by atoms with Gasteiger partial charge in [-0.25, -0.2) is 4.79 Å². The van der Waals surface area contributed by atoms with E-state index in [0.717, 1.165) is 26.1 Å². The lowest BCUT2D eigenvalue weighted by Crippen LogP contribution is -2.44. The first-order valence-corrected chi connectivity index (χ1v) is 6.03. The van der Waals surface area contributed by atoms with Crippen LogP contribution in [0.3, 0.4) is 0 Å². The highest BCUT2D eigenvalue weighted by Crippen LogP contribution is 2.34. The number of rotatable bonds is 0. The molecule has 2 aliphatic rings. The Hall–Kier alpha value is -0.770. The normalized spacial score (nSPS) is 34.0. The molecule has 0 aromatic rings. The van der Waals surface area contributed by atoms with Crippen molar-refractivity contribution in [1.29, 1.82) is 0 Å². The van der Waals surface area contributed by atoms with Gasteiger partial charge in [0, 0.05) is 18.6 Å². The third kappa shape index (κ3) is 2.17. The first kappa shape index (κ1) is 11.7. The highest BCUT2D eigenvalue weighted by molar-refractivity contribution is 5.69. The van der Waals surface area contributed by atoms with Gasteiger partial charge in [-0.15, -0.1) is 0 Å². The smallest absolute Gasteiger partial charge is 0.410 e. The zero-order valence-electron chi connectivity index (χ0n) is 10.7. The van der Waals surface area contributed by atoms with Crippen LogP contribution in [0.4, 0.5) is 4.79 Å². The number of ether oxygens (including phenoxy) is 1. The molecule has 0 bridgehead atoms. The van der Waals surface area contributed by atoms with Gasteiger partial charge in [0.05, 0.1) is 0 Å². The Bertz CT molecular complexity index is 298. The summed E-state index contributed by atoms with van der Waals surface area (Å²) in [7, 11) is 0. The molecule has 0 aliphatic carbocycles. The third-order valence-electron chi connectivity index (χ3n) is 3.53. The second-order valence-corrected chi connectivity index (χ2v) is 6.19. The van der Waals surface area contributed by atoms with Crippen molar-refractivity contribution in [1.82, 2.24) is 10.2 Å². The molecule has 92 valence electrons. The number of nitrogens with one attached hydrogen (secondary N) is 1. The fourth-order valence-electron chi connectivity index (χ4n) is 2.67. The largest absolute Gasteiger partial charge is 0.444 e. The van der Waals surface area contributed by atoms with Crippen LogP contribution in [0.2, 0.25) is 0 Å². The van der Waals surface area contributed by atoms with Gasteiger partial charge in [-0.3, -0.25) is 0 Å². The Morgan fingerprint density at radius 2 is 2.19 bits per heavy atom. The minimum Gasteiger partial charge on any atom is -0.444 e. The van der Waals surface area contributed by atoms with E-state index in [9.17, 15) is 4.79 Å². The van der Waals surface area contributed by atoms with E-state index in [0.29, 0.717) is 5.92 Å². The van der Waals surface area contributed by atoms with Crippen molar-refractivity contribution in [3.05, 3.63) is 0 Å². The van der Waals surface area contributed by atoms with Crippen molar-refractivity contribution in [2.75, 3.05) is 19.6 Å². The highest BCUT2D eigenvalue weighted by atomic mass is 16.6. The Morgan fingerprint density at radius 1 is 1.50 bits per heavy atom. The average molecular weight is 226 g/mol. The van der Waals surface area contributed by atoms with E-state index < -0.39 is 5.60 Å². The van der Waals surface area contributed by atoms with Gasteiger partial charge in [-0.05, 0) is 46.6 Å². The topological polar surface area (TPSA) is 41.6 Å². The number of nitrogens with zero attached hydrogens (tertiary/aromatic N) is 1. The van der Waals surface area contributed by atoms with Gasteiger partial charge in [-0.2, -0.15) is 0 Å². The summed E-state index contributed by atoms with van der Waals surface area (Å²) in [6, 6.07) is 0. The predicted molar refractivity (Wildman–Crippen MR) is 62.3 cm³/mol. The molecule has 1 N–H and O–H groups in total. The standard InChI is InChI=1S/C12H22N2O2/c1-11(2,3)16-10(15)14-7-9-5-6-13-12(9,4)8-14/h9,13H,5-8H2,1-4H3. The van der Waals surface area contributed by atoms with E-state index in [2.05, 4.69) is 12.2 Å². The molecule has 0 aromatic heterocycles. The maximum Gasteiger partial charge on any atom is 0.410 e. The lowest BCUT2D eigenvalue weighted by atomic mass is 9.91. The SMILES string of the molecule is CC(C)(C)OC(=O)N1CC2CCNC2(C)C1. The molecule has 2 rings (SSSR count). The van der Waals surface area contributed by atoms with Crippen molar-refractivity contribution in [2.45, 2.75) is 45.3 Å². The molecule has 16 heavy (non-hydrogen) atoms. The molecule has 4 nitrogen and oxygen atoms in total. The van der Waals surface area contributed by atoms with Gasteiger partial charge in [-0.1, -0.05) is 0 Å². The molecule has 2 atom stereocenters. The van der Waals surface area contributed by atoms with Gasteiger partial charge in [0.1, 0.15) is 5.60 Å². The molecule has 0 saturated carbocycles. The second-order valence-electron chi connectivity index (χ2n) is 6.19. The molecular weight excluding hydrogens is 204 g/mol. The van der Waals surface area contributed by atoms with E-state index in [1.54, 1.807) is 0 Å². The van der Waals surface area contributed by atoms with E-state index in [1.165, 1.54) is 0 Å².